The van der Waals surface area contributed by atoms with Gasteiger partial charge in [-0.05, 0) is 37.5 Å². The van der Waals surface area contributed by atoms with E-state index in [1.807, 2.05) is 0 Å². The van der Waals surface area contributed by atoms with Gasteiger partial charge in [0.15, 0.2) is 0 Å². The molecule has 25 heavy (non-hydrogen) atoms. The zero-order chi connectivity index (χ0) is 18.1. The Balaban J connectivity index is 1.64. The summed E-state index contributed by atoms with van der Waals surface area (Å²) in [7, 11) is 0. The first-order valence-corrected chi connectivity index (χ1v) is 8.23. The van der Waals surface area contributed by atoms with Gasteiger partial charge in [0.2, 0.25) is 0 Å². The molecule has 1 aromatic rings. The highest BCUT2D eigenvalue weighted by atomic mass is 19.4. The SMILES string of the molecule is O=C(c1cccc(OC(F)(F)F)c1)N1CCC2(CC1)CC(O)CCO2. The van der Waals surface area contributed by atoms with E-state index >= 15 is 0 Å². The number of halogens is 3. The first kappa shape index (κ1) is 18.0. The number of ether oxygens (including phenoxy) is 2. The Morgan fingerprint density at radius 1 is 1.32 bits per heavy atom. The van der Waals surface area contributed by atoms with Gasteiger partial charge in [0.05, 0.1) is 11.7 Å². The molecule has 1 spiro atoms. The second-order valence-corrected chi connectivity index (χ2v) is 6.55. The number of amides is 1. The van der Waals surface area contributed by atoms with Crippen LogP contribution in [0.15, 0.2) is 24.3 Å². The fourth-order valence-electron chi connectivity index (χ4n) is 3.48. The van der Waals surface area contributed by atoms with E-state index in [1.54, 1.807) is 4.90 Å². The van der Waals surface area contributed by atoms with Crippen molar-refractivity contribution in [2.75, 3.05) is 19.7 Å². The van der Waals surface area contributed by atoms with Crippen LogP contribution >= 0.6 is 0 Å². The lowest BCUT2D eigenvalue weighted by molar-refractivity contribution is -0.274. The van der Waals surface area contributed by atoms with E-state index in [-0.39, 0.29) is 17.6 Å². The lowest BCUT2D eigenvalue weighted by Crippen LogP contribution is -2.51. The molecule has 138 valence electrons. The van der Waals surface area contributed by atoms with Crippen molar-refractivity contribution in [1.82, 2.24) is 4.90 Å². The Morgan fingerprint density at radius 2 is 2.04 bits per heavy atom. The van der Waals surface area contributed by atoms with Crippen LogP contribution in [0.25, 0.3) is 0 Å². The molecule has 5 nitrogen and oxygen atoms in total. The Kier molecular flexibility index (Phi) is 4.92. The second-order valence-electron chi connectivity index (χ2n) is 6.55. The summed E-state index contributed by atoms with van der Waals surface area (Å²) in [6, 6.07) is 5.09. The molecule has 2 saturated heterocycles. The van der Waals surface area contributed by atoms with Crippen molar-refractivity contribution >= 4 is 5.91 Å². The number of piperidine rings is 1. The summed E-state index contributed by atoms with van der Waals surface area (Å²) in [6.45, 7) is 1.39. The molecule has 0 radical (unpaired) electrons. The van der Waals surface area contributed by atoms with Crippen molar-refractivity contribution in [3.8, 4) is 5.75 Å². The normalized spacial score (nSPS) is 23.5. The van der Waals surface area contributed by atoms with Crippen LogP contribution in [0.4, 0.5) is 13.2 Å². The molecule has 0 aliphatic carbocycles. The summed E-state index contributed by atoms with van der Waals surface area (Å²) in [5.74, 6) is -0.746. The number of likely N-dealkylation sites (tertiary alicyclic amines) is 1. The minimum atomic E-state index is -4.79. The van der Waals surface area contributed by atoms with Gasteiger partial charge in [0, 0.05) is 31.7 Å². The quantitative estimate of drug-likeness (QED) is 0.882. The van der Waals surface area contributed by atoms with E-state index in [0.29, 0.717) is 45.4 Å². The molecule has 2 heterocycles. The van der Waals surface area contributed by atoms with Crippen molar-refractivity contribution in [3.05, 3.63) is 29.8 Å². The third-order valence-corrected chi connectivity index (χ3v) is 4.74. The summed E-state index contributed by atoms with van der Waals surface area (Å²) in [4.78, 5) is 14.2. The number of hydrogen-bond donors (Lipinski definition) is 1. The number of aliphatic hydroxyl groups is 1. The summed E-state index contributed by atoms with van der Waals surface area (Å²) in [6.07, 6.45) is -2.78. The summed E-state index contributed by atoms with van der Waals surface area (Å²) < 4.78 is 46.6. The highest BCUT2D eigenvalue weighted by molar-refractivity contribution is 5.94. The minimum Gasteiger partial charge on any atom is -0.406 e. The van der Waals surface area contributed by atoms with E-state index in [9.17, 15) is 23.1 Å². The Bertz CT molecular complexity index is 627. The molecule has 2 fully saturated rings. The molecule has 0 saturated carbocycles. The van der Waals surface area contributed by atoms with E-state index in [0.717, 1.165) is 12.1 Å². The summed E-state index contributed by atoms with van der Waals surface area (Å²) in [5, 5.41) is 9.84. The predicted molar refractivity (Wildman–Crippen MR) is 82.2 cm³/mol. The van der Waals surface area contributed by atoms with Crippen LogP contribution in [0.1, 0.15) is 36.0 Å². The number of rotatable bonds is 2. The van der Waals surface area contributed by atoms with Crippen molar-refractivity contribution in [1.29, 1.82) is 0 Å². The van der Waals surface area contributed by atoms with E-state index in [2.05, 4.69) is 4.74 Å². The Morgan fingerprint density at radius 3 is 2.68 bits per heavy atom. The van der Waals surface area contributed by atoms with Crippen LogP contribution < -0.4 is 4.74 Å². The van der Waals surface area contributed by atoms with Gasteiger partial charge in [-0.2, -0.15) is 0 Å². The maximum Gasteiger partial charge on any atom is 0.573 e. The van der Waals surface area contributed by atoms with Crippen LogP contribution in [-0.2, 0) is 4.74 Å². The van der Waals surface area contributed by atoms with E-state index in [4.69, 9.17) is 4.74 Å². The monoisotopic (exact) mass is 359 g/mol. The van der Waals surface area contributed by atoms with Crippen LogP contribution in [0.3, 0.4) is 0 Å². The molecular weight excluding hydrogens is 339 g/mol. The van der Waals surface area contributed by atoms with Crippen LogP contribution in [0, 0.1) is 0 Å². The van der Waals surface area contributed by atoms with Gasteiger partial charge in [-0.3, -0.25) is 4.79 Å². The van der Waals surface area contributed by atoms with Gasteiger partial charge in [-0.1, -0.05) is 6.07 Å². The molecule has 8 heteroatoms. The largest absolute Gasteiger partial charge is 0.573 e. The van der Waals surface area contributed by atoms with Gasteiger partial charge >= 0.3 is 6.36 Å². The van der Waals surface area contributed by atoms with E-state index < -0.39 is 17.7 Å². The topological polar surface area (TPSA) is 59.0 Å². The number of carbonyl (C=O) groups is 1. The predicted octanol–water partition coefficient (Wildman–Crippen LogP) is 2.73. The standard InChI is InChI=1S/C17H20F3NO4/c18-17(19,20)25-14-3-1-2-12(10-14)15(23)21-7-5-16(6-8-21)11-13(22)4-9-24-16/h1-3,10,13,22H,4-9,11H2. The number of nitrogens with zero attached hydrogens (tertiary/aromatic N) is 1. The average Bonchev–Trinajstić information content (AvgIpc) is 2.53. The van der Waals surface area contributed by atoms with Crippen molar-refractivity contribution in [2.45, 2.75) is 43.8 Å². The number of benzene rings is 1. The highest BCUT2D eigenvalue weighted by Gasteiger charge is 2.41. The van der Waals surface area contributed by atoms with Gasteiger partial charge in [-0.15, -0.1) is 13.2 Å². The minimum absolute atomic E-state index is 0.155. The zero-order valence-corrected chi connectivity index (χ0v) is 13.6. The Labute approximate surface area is 143 Å². The smallest absolute Gasteiger partial charge is 0.406 e. The molecule has 3 rings (SSSR count). The van der Waals surface area contributed by atoms with Crippen molar-refractivity contribution in [3.63, 3.8) is 0 Å². The van der Waals surface area contributed by atoms with Crippen LogP contribution in [0.2, 0.25) is 0 Å². The molecule has 2 aliphatic heterocycles. The number of carbonyl (C=O) groups excluding carboxylic acids is 1. The number of hydrogen-bond acceptors (Lipinski definition) is 4. The highest BCUT2D eigenvalue weighted by Crippen LogP contribution is 2.35. The van der Waals surface area contributed by atoms with Crippen molar-refractivity contribution < 1.29 is 32.5 Å². The second kappa shape index (κ2) is 6.84. The zero-order valence-electron chi connectivity index (χ0n) is 13.6. The molecule has 1 unspecified atom stereocenters. The van der Waals surface area contributed by atoms with Gasteiger partial charge < -0.3 is 19.5 Å². The molecule has 0 bridgehead atoms. The lowest BCUT2D eigenvalue weighted by atomic mass is 9.83. The summed E-state index contributed by atoms with van der Waals surface area (Å²) >= 11 is 0. The summed E-state index contributed by atoms with van der Waals surface area (Å²) in [5.41, 5.74) is -0.238. The number of alkyl halides is 3. The van der Waals surface area contributed by atoms with Gasteiger partial charge in [0.25, 0.3) is 5.91 Å². The van der Waals surface area contributed by atoms with Crippen LogP contribution in [-0.4, -0.2) is 53.7 Å². The molecule has 1 aromatic carbocycles. The molecule has 1 N–H and O–H groups in total. The third kappa shape index (κ3) is 4.43. The Hall–Kier alpha value is -1.80. The maximum absolute atomic E-state index is 12.6. The van der Waals surface area contributed by atoms with Gasteiger partial charge in [0.1, 0.15) is 5.75 Å². The molecular formula is C17H20F3NO4. The third-order valence-electron chi connectivity index (χ3n) is 4.74. The molecule has 2 aliphatic rings. The first-order chi connectivity index (χ1) is 11.8. The van der Waals surface area contributed by atoms with Crippen molar-refractivity contribution in [2.24, 2.45) is 0 Å². The molecule has 1 amide bonds. The fraction of sp³-hybridized carbons (Fsp3) is 0.588. The lowest BCUT2D eigenvalue weighted by Gasteiger charge is -2.45. The van der Waals surface area contributed by atoms with E-state index in [1.165, 1.54) is 12.1 Å². The maximum atomic E-state index is 12.6. The van der Waals surface area contributed by atoms with Crippen LogP contribution in [0.5, 0.6) is 5.75 Å². The average molecular weight is 359 g/mol. The first-order valence-electron chi connectivity index (χ1n) is 8.23. The van der Waals surface area contributed by atoms with Gasteiger partial charge in [-0.25, -0.2) is 0 Å². The number of aliphatic hydroxyl groups excluding tert-OH is 1. The molecule has 1 atom stereocenters. The molecule has 0 aromatic heterocycles. The fourth-order valence-corrected chi connectivity index (χ4v) is 3.48.